The standard InChI is InChI=1S/C33H47NO5/c1-2-3-4-5-6-7-8-9-10-11-12-13-14-15-17-20-28(35)26-32(36)34-30-25-27(33(37)38)23-24-31(30)39-29-21-18-16-19-22-29/h16,18-19,21-25H,2-15,17,20,26H2,1H3,(H,34,36)(H,37,38). The van der Waals surface area contributed by atoms with E-state index < -0.39 is 11.9 Å². The molecule has 2 aromatic carbocycles. The number of hydrogen-bond acceptors (Lipinski definition) is 4. The number of anilines is 1. The van der Waals surface area contributed by atoms with Crippen molar-refractivity contribution in [3.63, 3.8) is 0 Å². The molecule has 0 spiro atoms. The van der Waals surface area contributed by atoms with Crippen molar-refractivity contribution in [2.75, 3.05) is 5.32 Å². The molecule has 2 aromatic rings. The number of rotatable bonds is 22. The average Bonchev–Trinajstić information content (AvgIpc) is 2.92. The summed E-state index contributed by atoms with van der Waals surface area (Å²) in [5.74, 6) is -0.820. The summed E-state index contributed by atoms with van der Waals surface area (Å²) in [6.45, 7) is 2.26. The third-order valence-corrected chi connectivity index (χ3v) is 6.89. The highest BCUT2D eigenvalue weighted by Crippen LogP contribution is 2.31. The van der Waals surface area contributed by atoms with E-state index in [1.54, 1.807) is 12.1 Å². The van der Waals surface area contributed by atoms with Gasteiger partial charge in [-0.2, -0.15) is 0 Å². The van der Waals surface area contributed by atoms with Crippen molar-refractivity contribution in [2.24, 2.45) is 0 Å². The molecule has 0 unspecified atom stereocenters. The number of carbonyl (C=O) groups excluding carboxylic acids is 2. The fraction of sp³-hybridized carbons (Fsp3) is 0.545. The molecule has 0 saturated heterocycles. The van der Waals surface area contributed by atoms with Crippen LogP contribution in [-0.4, -0.2) is 22.8 Å². The number of aromatic carboxylic acids is 1. The van der Waals surface area contributed by atoms with Crippen molar-refractivity contribution in [3.05, 3.63) is 54.1 Å². The van der Waals surface area contributed by atoms with Gasteiger partial charge in [0.15, 0.2) is 5.75 Å². The zero-order valence-electron chi connectivity index (χ0n) is 23.7. The minimum atomic E-state index is -1.11. The number of amides is 1. The maximum absolute atomic E-state index is 12.5. The molecule has 0 saturated carbocycles. The summed E-state index contributed by atoms with van der Waals surface area (Å²) in [7, 11) is 0. The van der Waals surface area contributed by atoms with Gasteiger partial charge >= 0.3 is 5.97 Å². The molecule has 0 aromatic heterocycles. The topological polar surface area (TPSA) is 92.7 Å². The van der Waals surface area contributed by atoms with E-state index in [9.17, 15) is 19.5 Å². The number of carbonyl (C=O) groups is 3. The first-order valence-electron chi connectivity index (χ1n) is 14.9. The third-order valence-electron chi connectivity index (χ3n) is 6.89. The van der Waals surface area contributed by atoms with E-state index in [-0.39, 0.29) is 23.5 Å². The number of carboxylic acids is 1. The fourth-order valence-corrected chi connectivity index (χ4v) is 4.62. The SMILES string of the molecule is CCCCCCCCCCCCCCCCCC(=O)CC(=O)Nc1cc(C(=O)O)ccc1Oc1ccccc1. The summed E-state index contributed by atoms with van der Waals surface area (Å²) in [4.78, 5) is 36.3. The first-order valence-corrected chi connectivity index (χ1v) is 14.9. The molecule has 0 aliphatic heterocycles. The Bertz CT molecular complexity index is 989. The van der Waals surface area contributed by atoms with Crippen LogP contribution in [-0.2, 0) is 9.59 Å². The van der Waals surface area contributed by atoms with Gasteiger partial charge in [-0.25, -0.2) is 4.79 Å². The van der Waals surface area contributed by atoms with Crippen molar-refractivity contribution in [3.8, 4) is 11.5 Å². The number of hydrogen-bond donors (Lipinski definition) is 2. The van der Waals surface area contributed by atoms with Crippen LogP contribution in [0, 0.1) is 0 Å². The Balaban J connectivity index is 1.59. The molecule has 2 rings (SSSR count). The number of ketones is 1. The van der Waals surface area contributed by atoms with Crippen LogP contribution in [0.4, 0.5) is 5.69 Å². The minimum absolute atomic E-state index is 0.0230. The molecule has 0 atom stereocenters. The molecule has 214 valence electrons. The van der Waals surface area contributed by atoms with Gasteiger partial charge in [0.1, 0.15) is 11.5 Å². The molecule has 6 nitrogen and oxygen atoms in total. The summed E-state index contributed by atoms with van der Waals surface area (Å²) in [6.07, 6.45) is 19.1. The Kier molecular flexibility index (Phi) is 16.3. The van der Waals surface area contributed by atoms with E-state index in [2.05, 4.69) is 12.2 Å². The lowest BCUT2D eigenvalue weighted by atomic mass is 10.0. The van der Waals surface area contributed by atoms with Crippen molar-refractivity contribution in [2.45, 2.75) is 116 Å². The Morgan fingerprint density at radius 3 is 1.79 bits per heavy atom. The Labute approximate surface area is 234 Å². The molecule has 6 heteroatoms. The second kappa shape index (κ2) is 19.9. The highest BCUT2D eigenvalue weighted by Gasteiger charge is 2.15. The number of carboxylic acid groups (broad SMARTS) is 1. The summed E-state index contributed by atoms with van der Waals surface area (Å²) in [6, 6.07) is 13.3. The van der Waals surface area contributed by atoms with Crippen LogP contribution in [0.15, 0.2) is 48.5 Å². The summed E-state index contributed by atoms with van der Waals surface area (Å²) in [5.41, 5.74) is 0.248. The second-order valence-corrected chi connectivity index (χ2v) is 10.4. The summed E-state index contributed by atoms with van der Waals surface area (Å²) in [5, 5.41) is 12.0. The summed E-state index contributed by atoms with van der Waals surface area (Å²) >= 11 is 0. The van der Waals surface area contributed by atoms with E-state index in [4.69, 9.17) is 4.74 Å². The zero-order valence-corrected chi connectivity index (χ0v) is 23.7. The quantitative estimate of drug-likeness (QED) is 0.115. The van der Waals surface area contributed by atoms with Crippen LogP contribution in [0.25, 0.3) is 0 Å². The van der Waals surface area contributed by atoms with E-state index in [1.165, 1.54) is 95.2 Å². The van der Waals surface area contributed by atoms with Gasteiger partial charge in [0, 0.05) is 6.42 Å². The highest BCUT2D eigenvalue weighted by molar-refractivity contribution is 6.05. The fourth-order valence-electron chi connectivity index (χ4n) is 4.62. The Morgan fingerprint density at radius 1 is 0.718 bits per heavy atom. The van der Waals surface area contributed by atoms with Crippen LogP contribution in [0.2, 0.25) is 0 Å². The second-order valence-electron chi connectivity index (χ2n) is 10.4. The van der Waals surface area contributed by atoms with Gasteiger partial charge < -0.3 is 15.2 Å². The highest BCUT2D eigenvalue weighted by atomic mass is 16.5. The molecule has 0 aliphatic rings. The Hall–Kier alpha value is -3.15. The van der Waals surface area contributed by atoms with Gasteiger partial charge in [0.25, 0.3) is 0 Å². The Morgan fingerprint density at radius 2 is 1.26 bits per heavy atom. The molecular formula is C33H47NO5. The third kappa shape index (κ3) is 14.5. The van der Waals surface area contributed by atoms with Crippen molar-refractivity contribution in [1.82, 2.24) is 0 Å². The summed E-state index contributed by atoms with van der Waals surface area (Å²) < 4.78 is 5.82. The molecular weight excluding hydrogens is 490 g/mol. The van der Waals surface area contributed by atoms with Gasteiger partial charge in [-0.3, -0.25) is 9.59 Å². The molecule has 1 amide bonds. The van der Waals surface area contributed by atoms with E-state index in [0.29, 0.717) is 17.9 Å². The van der Waals surface area contributed by atoms with Gasteiger partial charge in [-0.05, 0) is 36.8 Å². The lowest BCUT2D eigenvalue weighted by Gasteiger charge is -2.13. The molecule has 0 fully saturated rings. The maximum atomic E-state index is 12.5. The van der Waals surface area contributed by atoms with Gasteiger partial charge in [0.2, 0.25) is 5.91 Å². The molecule has 0 heterocycles. The normalized spacial score (nSPS) is 10.8. The number of benzene rings is 2. The minimum Gasteiger partial charge on any atom is -0.478 e. The van der Waals surface area contributed by atoms with Gasteiger partial charge in [0.05, 0.1) is 17.7 Å². The van der Waals surface area contributed by atoms with Crippen molar-refractivity contribution >= 4 is 23.3 Å². The number of ether oxygens (including phenoxy) is 1. The predicted octanol–water partition coefficient (Wildman–Crippen LogP) is 9.34. The van der Waals surface area contributed by atoms with Crippen LogP contribution < -0.4 is 10.1 Å². The maximum Gasteiger partial charge on any atom is 0.335 e. The van der Waals surface area contributed by atoms with Gasteiger partial charge in [-0.1, -0.05) is 115 Å². The number of nitrogens with one attached hydrogen (secondary N) is 1. The van der Waals surface area contributed by atoms with Crippen LogP contribution in [0.5, 0.6) is 11.5 Å². The number of unbranched alkanes of at least 4 members (excludes halogenated alkanes) is 14. The first-order chi connectivity index (χ1) is 19.0. The van der Waals surface area contributed by atoms with Crippen LogP contribution in [0.3, 0.4) is 0 Å². The lowest BCUT2D eigenvalue weighted by molar-refractivity contribution is -0.125. The molecule has 0 bridgehead atoms. The van der Waals surface area contributed by atoms with Crippen molar-refractivity contribution in [1.29, 1.82) is 0 Å². The lowest BCUT2D eigenvalue weighted by Crippen LogP contribution is -2.17. The molecule has 2 N–H and O–H groups in total. The largest absolute Gasteiger partial charge is 0.478 e. The van der Waals surface area contributed by atoms with E-state index >= 15 is 0 Å². The molecule has 39 heavy (non-hydrogen) atoms. The smallest absolute Gasteiger partial charge is 0.335 e. The molecule has 0 radical (unpaired) electrons. The van der Waals surface area contributed by atoms with Crippen molar-refractivity contribution < 1.29 is 24.2 Å². The monoisotopic (exact) mass is 537 g/mol. The average molecular weight is 538 g/mol. The van der Waals surface area contributed by atoms with Crippen LogP contribution in [0.1, 0.15) is 126 Å². The zero-order chi connectivity index (χ0) is 28.1. The first kappa shape index (κ1) is 32.1. The number of para-hydroxylation sites is 1. The predicted molar refractivity (Wildman–Crippen MR) is 158 cm³/mol. The van der Waals surface area contributed by atoms with Crippen LogP contribution >= 0.6 is 0 Å². The van der Waals surface area contributed by atoms with E-state index in [0.717, 1.165) is 19.3 Å². The number of Topliss-reactive ketones (excluding diaryl/α,β-unsaturated/α-hetero) is 1. The molecule has 0 aliphatic carbocycles. The van der Waals surface area contributed by atoms with E-state index in [1.807, 2.05) is 18.2 Å². The van der Waals surface area contributed by atoms with Gasteiger partial charge in [-0.15, -0.1) is 0 Å².